The molecule has 11 heteroatoms. The number of halogens is 2. The number of hydrogen-bond donors (Lipinski definition) is 1. The van der Waals surface area contributed by atoms with Crippen LogP contribution in [0.4, 0.5) is 0 Å². The maximum atomic E-state index is 10.9. The zero-order chi connectivity index (χ0) is 22.2. The topological polar surface area (TPSA) is 93.2 Å². The minimum Gasteiger partial charge on any atom is -0.388 e. The van der Waals surface area contributed by atoms with Crippen LogP contribution in [-0.4, -0.2) is 51.2 Å². The number of aromatic nitrogens is 3. The smallest absolute Gasteiger partial charge is 0.140 e. The first-order valence-electron chi connectivity index (χ1n) is 9.37. The Bertz CT molecular complexity index is 1040. The van der Waals surface area contributed by atoms with Gasteiger partial charge in [-0.05, 0) is 25.1 Å². The van der Waals surface area contributed by atoms with Crippen molar-refractivity contribution in [2.75, 3.05) is 19.8 Å². The Morgan fingerprint density at radius 1 is 1.35 bits per heavy atom. The number of thioether (sulfide) groups is 1. The summed E-state index contributed by atoms with van der Waals surface area (Å²) in [6.45, 7) is 3.36. The first kappa shape index (κ1) is 24.0. The van der Waals surface area contributed by atoms with Gasteiger partial charge >= 0.3 is 0 Å². The maximum Gasteiger partial charge on any atom is 0.140 e. The molecular formula is C20H20Cl2N4O3S2. The van der Waals surface area contributed by atoms with Crippen LogP contribution in [0, 0.1) is 11.3 Å². The van der Waals surface area contributed by atoms with E-state index in [-0.39, 0.29) is 6.54 Å². The van der Waals surface area contributed by atoms with Crippen molar-refractivity contribution in [3.05, 3.63) is 51.7 Å². The largest absolute Gasteiger partial charge is 0.388 e. The van der Waals surface area contributed by atoms with Gasteiger partial charge in [-0.2, -0.15) is 10.4 Å². The third-order valence-electron chi connectivity index (χ3n) is 4.07. The predicted molar refractivity (Wildman–Crippen MR) is 123 cm³/mol. The molecule has 0 aliphatic carbocycles. The molecule has 1 unspecified atom stereocenters. The highest BCUT2D eigenvalue weighted by Gasteiger charge is 2.24. The molecule has 0 saturated carbocycles. The normalized spacial score (nSPS) is 13.1. The van der Waals surface area contributed by atoms with E-state index in [1.807, 2.05) is 6.92 Å². The van der Waals surface area contributed by atoms with Crippen LogP contribution in [-0.2, 0) is 16.0 Å². The molecule has 3 aromatic rings. The van der Waals surface area contributed by atoms with Crippen LogP contribution in [0.1, 0.15) is 12.5 Å². The number of ether oxygens (including phenoxy) is 2. The van der Waals surface area contributed by atoms with Crippen molar-refractivity contribution in [3.63, 3.8) is 0 Å². The van der Waals surface area contributed by atoms with Crippen molar-refractivity contribution < 1.29 is 14.6 Å². The first-order chi connectivity index (χ1) is 15.0. The number of thiazole rings is 1. The van der Waals surface area contributed by atoms with Crippen molar-refractivity contribution >= 4 is 46.3 Å². The van der Waals surface area contributed by atoms with Gasteiger partial charge in [-0.15, -0.1) is 11.3 Å². The van der Waals surface area contributed by atoms with E-state index in [4.69, 9.17) is 32.7 Å². The van der Waals surface area contributed by atoms with Gasteiger partial charge in [0, 0.05) is 33.7 Å². The van der Waals surface area contributed by atoms with Crippen molar-refractivity contribution in [3.8, 4) is 16.6 Å². The second-order valence-corrected chi connectivity index (χ2v) is 9.12. The zero-order valence-electron chi connectivity index (χ0n) is 16.6. The molecule has 0 saturated heterocycles. The standard InChI is InChI=1S/C20H20Cl2N4O3S2/c1-2-28-5-6-29-20(31-17-7-15(21)4-3-13(17)8-23)16(27)11-26-10-14(9-24-26)19-25-18(22)12-30-19/h3-4,7,9-10,12,16,20,27H,2,5-6,11H2,1H3/t16-,20?/m0/s1. The van der Waals surface area contributed by atoms with Gasteiger partial charge in [-0.1, -0.05) is 35.0 Å². The molecule has 0 spiro atoms. The average Bonchev–Trinajstić information content (AvgIpc) is 3.39. The molecule has 1 aromatic carbocycles. The molecule has 1 N–H and O–H groups in total. The molecule has 0 aliphatic heterocycles. The molecule has 0 amide bonds. The summed E-state index contributed by atoms with van der Waals surface area (Å²) in [4.78, 5) is 4.87. The van der Waals surface area contributed by atoms with E-state index < -0.39 is 11.5 Å². The molecule has 2 heterocycles. The average molecular weight is 499 g/mol. The summed E-state index contributed by atoms with van der Waals surface area (Å²) < 4.78 is 12.8. The van der Waals surface area contributed by atoms with Crippen LogP contribution < -0.4 is 0 Å². The molecule has 2 atom stereocenters. The van der Waals surface area contributed by atoms with E-state index in [1.54, 1.807) is 40.7 Å². The zero-order valence-corrected chi connectivity index (χ0v) is 19.7. The summed E-state index contributed by atoms with van der Waals surface area (Å²) in [6, 6.07) is 7.13. The third kappa shape index (κ3) is 6.92. The molecular weight excluding hydrogens is 479 g/mol. The van der Waals surface area contributed by atoms with E-state index in [1.165, 1.54) is 23.1 Å². The number of nitriles is 1. The molecule has 0 radical (unpaired) electrons. The van der Waals surface area contributed by atoms with Crippen LogP contribution in [0.15, 0.2) is 40.9 Å². The van der Waals surface area contributed by atoms with E-state index in [0.717, 1.165) is 10.6 Å². The lowest BCUT2D eigenvalue weighted by atomic mass is 10.2. The van der Waals surface area contributed by atoms with Crippen molar-refractivity contribution in [2.24, 2.45) is 0 Å². The Morgan fingerprint density at radius 2 is 2.19 bits per heavy atom. The van der Waals surface area contributed by atoms with Crippen LogP contribution in [0.5, 0.6) is 0 Å². The van der Waals surface area contributed by atoms with Gasteiger partial charge in [0.15, 0.2) is 0 Å². The quantitative estimate of drug-likeness (QED) is 0.232. The Kier molecular flexibility index (Phi) is 9.16. The minimum atomic E-state index is -0.912. The summed E-state index contributed by atoms with van der Waals surface area (Å²) in [5, 5.41) is 28.0. The highest BCUT2D eigenvalue weighted by atomic mass is 35.5. The Labute approximate surface area is 198 Å². The molecule has 0 bridgehead atoms. The van der Waals surface area contributed by atoms with Crippen LogP contribution in [0.2, 0.25) is 10.2 Å². The number of benzene rings is 1. The Balaban J connectivity index is 1.73. The number of aliphatic hydroxyl groups is 1. The van der Waals surface area contributed by atoms with Gasteiger partial charge in [-0.25, -0.2) is 4.98 Å². The van der Waals surface area contributed by atoms with E-state index in [9.17, 15) is 10.4 Å². The minimum absolute atomic E-state index is 0.188. The lowest BCUT2D eigenvalue weighted by Crippen LogP contribution is -2.31. The number of hydrogen-bond acceptors (Lipinski definition) is 8. The molecule has 2 aromatic heterocycles. The van der Waals surface area contributed by atoms with Gasteiger partial charge < -0.3 is 14.6 Å². The highest BCUT2D eigenvalue weighted by molar-refractivity contribution is 7.99. The molecule has 0 fully saturated rings. The first-order valence-corrected chi connectivity index (χ1v) is 11.9. The third-order valence-corrected chi connectivity index (χ3v) is 6.79. The lowest BCUT2D eigenvalue weighted by molar-refractivity contribution is -0.0182. The molecule has 7 nitrogen and oxygen atoms in total. The number of aliphatic hydroxyl groups excluding tert-OH is 1. The van der Waals surface area contributed by atoms with Gasteiger partial charge in [0.05, 0.1) is 31.5 Å². The summed E-state index contributed by atoms with van der Waals surface area (Å²) in [5.74, 6) is 0. The van der Waals surface area contributed by atoms with Crippen LogP contribution in [0.3, 0.4) is 0 Å². The Morgan fingerprint density at radius 3 is 2.90 bits per heavy atom. The van der Waals surface area contributed by atoms with Gasteiger partial charge in [0.2, 0.25) is 0 Å². The van der Waals surface area contributed by atoms with Crippen LogP contribution in [0.25, 0.3) is 10.6 Å². The fourth-order valence-electron chi connectivity index (χ4n) is 2.64. The van der Waals surface area contributed by atoms with Crippen molar-refractivity contribution in [2.45, 2.75) is 29.9 Å². The summed E-state index contributed by atoms with van der Waals surface area (Å²) in [5.41, 5.74) is 0.613. The monoisotopic (exact) mass is 498 g/mol. The SMILES string of the molecule is CCOCCOC(Sc1cc(Cl)ccc1C#N)[C@@H](O)Cn1cc(-c2nc(Cl)cs2)cn1. The highest BCUT2D eigenvalue weighted by Crippen LogP contribution is 2.32. The number of rotatable bonds is 11. The van der Waals surface area contributed by atoms with Crippen molar-refractivity contribution in [1.82, 2.24) is 14.8 Å². The summed E-state index contributed by atoms with van der Waals surface area (Å²) in [7, 11) is 0. The second-order valence-electron chi connectivity index (χ2n) is 6.30. The fourth-order valence-corrected chi connectivity index (χ4v) is 4.89. The summed E-state index contributed by atoms with van der Waals surface area (Å²) in [6.07, 6.45) is 2.55. The van der Waals surface area contributed by atoms with E-state index >= 15 is 0 Å². The van der Waals surface area contributed by atoms with E-state index in [2.05, 4.69) is 16.2 Å². The van der Waals surface area contributed by atoms with Crippen LogP contribution >= 0.6 is 46.3 Å². The Hall–Kier alpha value is -1.64. The van der Waals surface area contributed by atoms with Gasteiger partial charge in [-0.3, -0.25) is 4.68 Å². The molecule has 0 aliphatic rings. The fraction of sp³-hybridized carbons (Fsp3) is 0.350. The second kappa shape index (κ2) is 11.8. The van der Waals surface area contributed by atoms with Crippen molar-refractivity contribution in [1.29, 1.82) is 5.26 Å². The summed E-state index contributed by atoms with van der Waals surface area (Å²) >= 11 is 14.7. The predicted octanol–water partition coefficient (Wildman–Crippen LogP) is 4.72. The van der Waals surface area contributed by atoms with Gasteiger partial charge in [0.25, 0.3) is 0 Å². The maximum absolute atomic E-state index is 10.9. The number of nitrogens with zero attached hydrogens (tertiary/aromatic N) is 4. The van der Waals surface area contributed by atoms with E-state index in [0.29, 0.717) is 40.5 Å². The van der Waals surface area contributed by atoms with Gasteiger partial charge in [0.1, 0.15) is 27.8 Å². The lowest BCUT2D eigenvalue weighted by Gasteiger charge is -2.23. The molecule has 164 valence electrons. The molecule has 31 heavy (non-hydrogen) atoms. The molecule has 3 rings (SSSR count).